The van der Waals surface area contributed by atoms with Gasteiger partial charge in [-0.25, -0.2) is 14.4 Å². The number of carboxylic acid groups (broad SMARTS) is 1. The Morgan fingerprint density at radius 3 is 1.62 bits per heavy atom. The molecule has 2 saturated heterocycles. The molecule has 12 nitrogen and oxygen atoms in total. The van der Waals surface area contributed by atoms with Crippen LogP contribution >= 0.6 is 31.9 Å². The molecule has 0 unspecified atom stereocenters. The lowest BCUT2D eigenvalue weighted by Gasteiger charge is -2.28. The van der Waals surface area contributed by atoms with Crippen LogP contribution in [0.25, 0.3) is 0 Å². The third kappa shape index (κ3) is 13.3. The first-order chi connectivity index (χ1) is 21.7. The number of ether oxygens (including phenoxy) is 2. The summed E-state index contributed by atoms with van der Waals surface area (Å²) in [5.41, 5.74) is 18.3. The number of nitrogens with two attached hydrogens (primary N) is 3. The SMILES string of the molecule is CC(C)(C)OC(=O)N1CCC[C@H]1C(=O)Cc1ccc(Br)cc1N.CC(C)(C)OC(=O)N1CCC[C@H]1C(=O)O.Nc1ccc(Br)cc1N. The Hall–Kier alpha value is -3.52. The van der Waals surface area contributed by atoms with Crippen LogP contribution in [0.4, 0.5) is 26.7 Å². The lowest BCUT2D eigenvalue weighted by molar-refractivity contribution is -0.142. The topological polar surface area (TPSA) is 192 Å². The molecule has 2 amide bonds. The minimum atomic E-state index is -0.960. The van der Waals surface area contributed by atoms with Gasteiger partial charge in [-0.3, -0.25) is 14.6 Å². The van der Waals surface area contributed by atoms with Crippen LogP contribution in [0.2, 0.25) is 0 Å². The van der Waals surface area contributed by atoms with Crippen LogP contribution in [0.15, 0.2) is 45.3 Å². The van der Waals surface area contributed by atoms with Gasteiger partial charge in [-0.1, -0.05) is 37.9 Å². The molecule has 260 valence electrons. The molecule has 2 aliphatic rings. The van der Waals surface area contributed by atoms with Gasteiger partial charge >= 0.3 is 18.2 Å². The highest BCUT2D eigenvalue weighted by molar-refractivity contribution is 9.10. The summed E-state index contributed by atoms with van der Waals surface area (Å²) < 4.78 is 12.4. The van der Waals surface area contributed by atoms with Gasteiger partial charge in [0, 0.05) is 34.1 Å². The molecule has 2 aromatic rings. The van der Waals surface area contributed by atoms with Crippen LogP contribution in [-0.2, 0) is 25.5 Å². The molecule has 0 radical (unpaired) electrons. The van der Waals surface area contributed by atoms with Gasteiger partial charge in [0.05, 0.1) is 17.4 Å². The molecule has 2 fully saturated rings. The summed E-state index contributed by atoms with van der Waals surface area (Å²) in [6.45, 7) is 11.8. The zero-order valence-electron chi connectivity index (χ0n) is 27.8. The van der Waals surface area contributed by atoms with Gasteiger partial charge in [0.25, 0.3) is 0 Å². The van der Waals surface area contributed by atoms with E-state index in [-0.39, 0.29) is 12.2 Å². The first-order valence-electron chi connectivity index (χ1n) is 15.3. The van der Waals surface area contributed by atoms with E-state index >= 15 is 0 Å². The third-order valence-electron chi connectivity index (χ3n) is 6.94. The Balaban J connectivity index is 0.000000273. The van der Waals surface area contributed by atoms with Gasteiger partial charge in [0.2, 0.25) is 0 Å². The average molecular weight is 786 g/mol. The summed E-state index contributed by atoms with van der Waals surface area (Å²) in [6, 6.07) is 9.72. The van der Waals surface area contributed by atoms with Crippen molar-refractivity contribution in [3.63, 3.8) is 0 Å². The minimum absolute atomic E-state index is 0.00221. The fraction of sp³-hybridized carbons (Fsp3) is 0.515. The number of Topliss-reactive ketones (excluding diaryl/α,β-unsaturated/α-hetero) is 1. The Labute approximate surface area is 293 Å². The summed E-state index contributed by atoms with van der Waals surface area (Å²) in [7, 11) is 0. The highest BCUT2D eigenvalue weighted by Crippen LogP contribution is 2.25. The first-order valence-corrected chi connectivity index (χ1v) is 16.9. The van der Waals surface area contributed by atoms with Crippen molar-refractivity contribution in [3.05, 3.63) is 50.9 Å². The number of carbonyl (C=O) groups excluding carboxylic acids is 3. The summed E-state index contributed by atoms with van der Waals surface area (Å²) in [5.74, 6) is -0.958. The quantitative estimate of drug-likeness (QED) is 0.245. The zero-order valence-corrected chi connectivity index (χ0v) is 31.0. The molecule has 0 saturated carbocycles. The molecule has 0 bridgehead atoms. The number of nitrogen functional groups attached to an aromatic ring is 3. The van der Waals surface area contributed by atoms with Gasteiger partial charge in [-0.15, -0.1) is 0 Å². The Morgan fingerprint density at radius 1 is 0.745 bits per heavy atom. The van der Waals surface area contributed by atoms with Gasteiger partial charge in [0.15, 0.2) is 5.78 Å². The fourth-order valence-electron chi connectivity index (χ4n) is 4.78. The summed E-state index contributed by atoms with van der Waals surface area (Å²) >= 11 is 6.61. The normalized spacial score (nSPS) is 17.5. The zero-order chi connectivity index (χ0) is 35.7. The van der Waals surface area contributed by atoms with Crippen molar-refractivity contribution in [3.8, 4) is 0 Å². The maximum atomic E-state index is 12.6. The monoisotopic (exact) mass is 783 g/mol. The average Bonchev–Trinajstić information content (AvgIpc) is 3.62. The van der Waals surface area contributed by atoms with Gasteiger partial charge in [-0.2, -0.15) is 0 Å². The first kappa shape index (κ1) is 39.7. The molecule has 47 heavy (non-hydrogen) atoms. The van der Waals surface area contributed by atoms with Crippen LogP contribution in [0, 0.1) is 0 Å². The predicted molar refractivity (Wildman–Crippen MR) is 190 cm³/mol. The fourth-order valence-corrected chi connectivity index (χ4v) is 5.54. The highest BCUT2D eigenvalue weighted by Gasteiger charge is 2.37. The number of ketones is 1. The number of benzene rings is 2. The van der Waals surface area contributed by atoms with Crippen LogP contribution in [-0.4, -0.2) is 75.2 Å². The predicted octanol–water partition coefficient (Wildman–Crippen LogP) is 6.63. The molecule has 2 heterocycles. The number of anilines is 3. The van der Waals surface area contributed by atoms with Crippen LogP contribution in [0.1, 0.15) is 72.8 Å². The molecule has 7 N–H and O–H groups in total. The van der Waals surface area contributed by atoms with Crippen molar-refractivity contribution in [2.45, 2.75) is 96.9 Å². The lowest BCUT2D eigenvalue weighted by atomic mass is 10.0. The number of nitrogens with zero attached hydrogens (tertiary/aromatic N) is 2. The Kier molecular flexibility index (Phi) is 14.4. The van der Waals surface area contributed by atoms with Crippen LogP contribution in [0.3, 0.4) is 0 Å². The van der Waals surface area contributed by atoms with E-state index < -0.39 is 41.4 Å². The van der Waals surface area contributed by atoms with Gasteiger partial charge in [-0.05, 0) is 103 Å². The van der Waals surface area contributed by atoms with E-state index in [9.17, 15) is 19.2 Å². The van der Waals surface area contributed by atoms with Crippen LogP contribution in [0.5, 0.6) is 0 Å². The van der Waals surface area contributed by atoms with Gasteiger partial charge in [0.1, 0.15) is 17.2 Å². The number of rotatable bonds is 4. The molecule has 0 aromatic heterocycles. The number of likely N-dealkylation sites (tertiary alicyclic amines) is 2. The summed E-state index contributed by atoms with van der Waals surface area (Å²) in [4.78, 5) is 50.2. The standard InChI is InChI=1S/C17H23BrN2O3.C10H17NO4.C6H7BrN2/c1-17(2,3)23-16(22)20-8-4-5-14(20)15(21)9-11-6-7-12(18)10-13(11)19;1-10(2,3)15-9(14)11-6-4-5-7(11)8(12)13;7-4-1-2-5(8)6(9)3-4/h6-7,10,14H,4-5,8-9,19H2,1-3H3;7H,4-6H2,1-3H3,(H,12,13);1-3H,8-9H2/t14-;7-;/m00./s1. The number of hydrogen-bond acceptors (Lipinski definition) is 9. The molecule has 2 aromatic carbocycles. The Morgan fingerprint density at radius 2 is 1.19 bits per heavy atom. The largest absolute Gasteiger partial charge is 0.480 e. The summed E-state index contributed by atoms with van der Waals surface area (Å²) in [5, 5.41) is 8.88. The second-order valence-corrected chi connectivity index (χ2v) is 15.1. The van der Waals surface area contributed by atoms with Crippen molar-refractivity contribution >= 4 is 72.9 Å². The van der Waals surface area contributed by atoms with E-state index in [0.717, 1.165) is 27.4 Å². The van der Waals surface area contributed by atoms with Crippen molar-refractivity contribution in [1.82, 2.24) is 9.80 Å². The molecular formula is C33H47Br2N5O7. The number of amides is 2. The van der Waals surface area contributed by atoms with E-state index in [2.05, 4.69) is 31.9 Å². The smallest absolute Gasteiger partial charge is 0.411 e. The number of halogens is 2. The van der Waals surface area contributed by atoms with E-state index in [1.54, 1.807) is 43.9 Å². The molecular weight excluding hydrogens is 738 g/mol. The van der Waals surface area contributed by atoms with Crippen molar-refractivity contribution in [2.24, 2.45) is 0 Å². The van der Waals surface area contributed by atoms with E-state index in [1.165, 1.54) is 4.90 Å². The minimum Gasteiger partial charge on any atom is -0.480 e. The summed E-state index contributed by atoms with van der Waals surface area (Å²) in [6.07, 6.45) is 1.98. The second kappa shape index (κ2) is 17.0. The Bertz CT molecular complexity index is 1430. The molecule has 4 rings (SSSR count). The molecule has 0 spiro atoms. The molecule has 0 aliphatic carbocycles. The second-order valence-electron chi connectivity index (χ2n) is 13.3. The molecule has 2 atom stereocenters. The molecule has 2 aliphatic heterocycles. The van der Waals surface area contributed by atoms with E-state index in [1.807, 2.05) is 39.0 Å². The number of carbonyl (C=O) groups is 4. The van der Waals surface area contributed by atoms with Gasteiger partial charge < -0.3 is 31.8 Å². The maximum Gasteiger partial charge on any atom is 0.411 e. The number of aliphatic carboxylic acids is 1. The van der Waals surface area contributed by atoms with E-state index in [4.69, 9.17) is 31.8 Å². The van der Waals surface area contributed by atoms with Crippen molar-refractivity contribution in [2.75, 3.05) is 30.3 Å². The van der Waals surface area contributed by atoms with Crippen LogP contribution < -0.4 is 17.2 Å². The number of carboxylic acids is 1. The number of hydrogen-bond donors (Lipinski definition) is 4. The van der Waals surface area contributed by atoms with Crippen molar-refractivity contribution < 1.29 is 33.8 Å². The van der Waals surface area contributed by atoms with E-state index in [0.29, 0.717) is 43.0 Å². The maximum absolute atomic E-state index is 12.6. The van der Waals surface area contributed by atoms with Crippen molar-refractivity contribution in [1.29, 1.82) is 0 Å². The molecule has 14 heteroatoms. The highest BCUT2D eigenvalue weighted by atomic mass is 79.9. The third-order valence-corrected chi connectivity index (χ3v) is 7.93. The lowest BCUT2D eigenvalue weighted by Crippen LogP contribution is -2.43.